The van der Waals surface area contributed by atoms with Crippen LogP contribution in [0.25, 0.3) is 0 Å². The van der Waals surface area contributed by atoms with Crippen molar-refractivity contribution in [1.29, 1.82) is 0 Å². The summed E-state index contributed by atoms with van der Waals surface area (Å²) >= 11 is 1.61. The Kier molecular flexibility index (Phi) is 4.72. The standard InChI is InChI=1S/C21H25N3O4S/c1-14-3-2-4-15(7-14)27-11-19(26)23-9-18-16(10-25)17-8-24(20-22-5-6-29-20)13-21(17,12-23)28-18/h2-7,16-18,25H,8-13H2,1H3/t16-,17+,18+,21+/m0/s1. The number of carbonyl (C=O) groups excluding carboxylic acids is 1. The number of nitrogens with zero attached hydrogens (tertiary/aromatic N) is 3. The molecule has 1 amide bonds. The predicted octanol–water partition coefficient (Wildman–Crippen LogP) is 1.56. The van der Waals surface area contributed by atoms with Gasteiger partial charge in [-0.2, -0.15) is 0 Å². The Morgan fingerprint density at radius 1 is 1.41 bits per heavy atom. The quantitative estimate of drug-likeness (QED) is 0.799. The average Bonchev–Trinajstić information content (AvgIpc) is 3.39. The van der Waals surface area contributed by atoms with E-state index in [9.17, 15) is 9.90 Å². The van der Waals surface area contributed by atoms with Gasteiger partial charge in [0.05, 0.1) is 19.2 Å². The maximum absolute atomic E-state index is 12.9. The molecule has 1 spiro atoms. The highest BCUT2D eigenvalue weighted by atomic mass is 32.1. The van der Waals surface area contributed by atoms with Crippen molar-refractivity contribution in [3.63, 3.8) is 0 Å². The first-order valence-corrected chi connectivity index (χ1v) is 10.9. The number of fused-ring (bicyclic) bond motifs is 1. The molecule has 3 aliphatic heterocycles. The number of thiazole rings is 1. The van der Waals surface area contributed by atoms with Gasteiger partial charge >= 0.3 is 0 Å². The molecule has 8 heteroatoms. The zero-order valence-corrected chi connectivity index (χ0v) is 17.2. The molecule has 5 rings (SSSR count). The third kappa shape index (κ3) is 3.29. The number of hydrogen-bond donors (Lipinski definition) is 1. The number of benzene rings is 1. The molecule has 4 heterocycles. The molecule has 2 bridgehead atoms. The van der Waals surface area contributed by atoms with Gasteiger partial charge in [-0.05, 0) is 24.6 Å². The first-order valence-electron chi connectivity index (χ1n) is 9.98. The van der Waals surface area contributed by atoms with E-state index in [1.165, 1.54) is 0 Å². The maximum atomic E-state index is 12.9. The van der Waals surface area contributed by atoms with Crippen LogP contribution in [0.1, 0.15) is 5.56 Å². The molecule has 1 aromatic heterocycles. The number of rotatable bonds is 5. The summed E-state index contributed by atoms with van der Waals surface area (Å²) in [5, 5.41) is 13.0. The van der Waals surface area contributed by atoms with Crippen LogP contribution in [0, 0.1) is 18.8 Å². The second-order valence-corrected chi connectivity index (χ2v) is 9.12. The lowest BCUT2D eigenvalue weighted by Crippen LogP contribution is -2.56. The van der Waals surface area contributed by atoms with Crippen LogP contribution < -0.4 is 9.64 Å². The number of aliphatic hydroxyl groups is 1. The second kappa shape index (κ2) is 7.27. The summed E-state index contributed by atoms with van der Waals surface area (Å²) in [5.74, 6) is 0.895. The van der Waals surface area contributed by atoms with E-state index in [0.717, 1.165) is 17.2 Å². The van der Waals surface area contributed by atoms with Crippen LogP contribution in [-0.4, -0.2) is 72.0 Å². The molecule has 0 aliphatic carbocycles. The van der Waals surface area contributed by atoms with E-state index in [1.54, 1.807) is 17.5 Å². The fourth-order valence-electron chi connectivity index (χ4n) is 5.08. The molecule has 29 heavy (non-hydrogen) atoms. The third-order valence-corrected chi connectivity index (χ3v) is 7.23. The number of aromatic nitrogens is 1. The SMILES string of the molecule is Cc1cccc(OCC(=O)N2C[C@H]3O[C@]4(C2)CN(c2nccs2)C[C@@H]4[C@@H]3CO)c1. The van der Waals surface area contributed by atoms with Gasteiger partial charge in [-0.1, -0.05) is 12.1 Å². The van der Waals surface area contributed by atoms with Gasteiger partial charge in [0, 0.05) is 43.1 Å². The van der Waals surface area contributed by atoms with E-state index in [2.05, 4.69) is 9.88 Å². The van der Waals surface area contributed by atoms with E-state index in [4.69, 9.17) is 9.47 Å². The molecule has 3 fully saturated rings. The molecule has 4 atom stereocenters. The van der Waals surface area contributed by atoms with Crippen LogP contribution in [0.2, 0.25) is 0 Å². The molecule has 0 unspecified atom stereocenters. The minimum atomic E-state index is -0.443. The molecular weight excluding hydrogens is 390 g/mol. The fraction of sp³-hybridized carbons (Fsp3) is 0.524. The van der Waals surface area contributed by atoms with Crippen LogP contribution in [0.5, 0.6) is 5.75 Å². The first kappa shape index (κ1) is 18.8. The third-order valence-electron chi connectivity index (χ3n) is 6.40. The smallest absolute Gasteiger partial charge is 0.260 e. The van der Waals surface area contributed by atoms with Crippen molar-refractivity contribution < 1.29 is 19.4 Å². The van der Waals surface area contributed by atoms with Gasteiger partial charge in [-0.25, -0.2) is 4.98 Å². The average molecular weight is 416 g/mol. The van der Waals surface area contributed by atoms with E-state index in [1.807, 2.05) is 41.5 Å². The lowest BCUT2D eigenvalue weighted by molar-refractivity contribution is -0.153. The van der Waals surface area contributed by atoms with E-state index in [-0.39, 0.29) is 37.1 Å². The largest absolute Gasteiger partial charge is 0.484 e. The van der Waals surface area contributed by atoms with Gasteiger partial charge in [0.25, 0.3) is 5.91 Å². The second-order valence-electron chi connectivity index (χ2n) is 8.25. The lowest BCUT2D eigenvalue weighted by Gasteiger charge is -2.40. The van der Waals surface area contributed by atoms with Gasteiger partial charge < -0.3 is 24.4 Å². The van der Waals surface area contributed by atoms with Crippen molar-refractivity contribution in [2.45, 2.75) is 18.6 Å². The Morgan fingerprint density at radius 2 is 2.31 bits per heavy atom. The number of morpholine rings is 1. The van der Waals surface area contributed by atoms with E-state index < -0.39 is 5.60 Å². The monoisotopic (exact) mass is 415 g/mol. The summed E-state index contributed by atoms with van der Waals surface area (Å²) in [4.78, 5) is 21.4. The molecule has 1 N–H and O–H groups in total. The van der Waals surface area contributed by atoms with Crippen LogP contribution in [0.15, 0.2) is 35.8 Å². The van der Waals surface area contributed by atoms with Gasteiger partial charge in [-0.15, -0.1) is 11.3 Å². The van der Waals surface area contributed by atoms with E-state index >= 15 is 0 Å². The Hall–Kier alpha value is -2.16. The van der Waals surface area contributed by atoms with Crippen LogP contribution in [0.3, 0.4) is 0 Å². The predicted molar refractivity (Wildman–Crippen MR) is 109 cm³/mol. The van der Waals surface area contributed by atoms with Gasteiger partial charge in [0.1, 0.15) is 11.4 Å². The van der Waals surface area contributed by atoms with Crippen molar-refractivity contribution in [3.05, 3.63) is 41.4 Å². The molecule has 3 saturated heterocycles. The number of aryl methyl sites for hydroxylation is 1. The Morgan fingerprint density at radius 3 is 3.07 bits per heavy atom. The number of carbonyl (C=O) groups is 1. The van der Waals surface area contributed by atoms with Crippen molar-refractivity contribution in [1.82, 2.24) is 9.88 Å². The highest BCUT2D eigenvalue weighted by Crippen LogP contribution is 2.50. The molecule has 3 aliphatic rings. The molecule has 0 radical (unpaired) electrons. The topological polar surface area (TPSA) is 75.1 Å². The van der Waals surface area contributed by atoms with Gasteiger partial charge in [0.15, 0.2) is 11.7 Å². The van der Waals surface area contributed by atoms with Crippen LogP contribution >= 0.6 is 11.3 Å². The lowest BCUT2D eigenvalue weighted by atomic mass is 9.83. The zero-order valence-electron chi connectivity index (χ0n) is 16.4. The van der Waals surface area contributed by atoms with Crippen molar-refractivity contribution in [2.75, 3.05) is 44.3 Å². The number of hydrogen-bond acceptors (Lipinski definition) is 7. The van der Waals surface area contributed by atoms with Crippen LogP contribution in [-0.2, 0) is 9.53 Å². The molecule has 154 valence electrons. The number of amides is 1. The van der Waals surface area contributed by atoms with Crippen molar-refractivity contribution >= 4 is 22.4 Å². The zero-order chi connectivity index (χ0) is 20.0. The summed E-state index contributed by atoms with van der Waals surface area (Å²) in [5.41, 5.74) is 0.654. The maximum Gasteiger partial charge on any atom is 0.260 e. The molecule has 2 aromatic rings. The summed E-state index contributed by atoms with van der Waals surface area (Å²) in [6.45, 7) is 4.62. The molecule has 1 aromatic carbocycles. The summed E-state index contributed by atoms with van der Waals surface area (Å²) in [6.07, 6.45) is 1.68. The summed E-state index contributed by atoms with van der Waals surface area (Å²) in [6, 6.07) is 7.71. The Balaban J connectivity index is 1.31. The number of ether oxygens (including phenoxy) is 2. The highest BCUT2D eigenvalue weighted by Gasteiger charge is 2.63. The number of likely N-dealkylation sites (tertiary alicyclic amines) is 1. The Labute approximate surface area is 173 Å². The van der Waals surface area contributed by atoms with Crippen molar-refractivity contribution in [3.8, 4) is 5.75 Å². The Bertz CT molecular complexity index is 892. The first-order chi connectivity index (χ1) is 14.1. The van der Waals surface area contributed by atoms with Gasteiger partial charge in [-0.3, -0.25) is 4.79 Å². The van der Waals surface area contributed by atoms with Crippen molar-refractivity contribution in [2.24, 2.45) is 11.8 Å². The minimum Gasteiger partial charge on any atom is -0.484 e. The van der Waals surface area contributed by atoms with Gasteiger partial charge in [0.2, 0.25) is 0 Å². The summed E-state index contributed by atoms with van der Waals surface area (Å²) < 4.78 is 12.2. The molecule has 7 nitrogen and oxygen atoms in total. The van der Waals surface area contributed by atoms with Crippen LogP contribution in [0.4, 0.5) is 5.13 Å². The number of anilines is 1. The normalized spacial score (nSPS) is 30.5. The van der Waals surface area contributed by atoms with E-state index in [0.29, 0.717) is 25.4 Å². The number of aliphatic hydroxyl groups excluding tert-OH is 1. The molecule has 0 saturated carbocycles. The molecular formula is C21H25N3O4S. The highest BCUT2D eigenvalue weighted by molar-refractivity contribution is 7.13. The summed E-state index contributed by atoms with van der Waals surface area (Å²) in [7, 11) is 0. The fourth-order valence-corrected chi connectivity index (χ4v) is 5.74. The minimum absolute atomic E-state index is 0.0108.